The highest BCUT2D eigenvalue weighted by molar-refractivity contribution is 7.99. The van der Waals surface area contributed by atoms with Gasteiger partial charge >= 0.3 is 5.97 Å². The van der Waals surface area contributed by atoms with Crippen molar-refractivity contribution in [3.63, 3.8) is 0 Å². The van der Waals surface area contributed by atoms with Crippen molar-refractivity contribution in [1.82, 2.24) is 13.9 Å². The van der Waals surface area contributed by atoms with E-state index in [0.717, 1.165) is 27.8 Å². The quantitative estimate of drug-likeness (QED) is 0.499. The van der Waals surface area contributed by atoms with Gasteiger partial charge in [-0.05, 0) is 54.7 Å². The summed E-state index contributed by atoms with van der Waals surface area (Å²) in [6.45, 7) is 5.04. The van der Waals surface area contributed by atoms with E-state index in [4.69, 9.17) is 0 Å². The molecule has 0 saturated carbocycles. The van der Waals surface area contributed by atoms with E-state index in [1.165, 1.54) is 0 Å². The molecule has 0 amide bonds. The molecule has 2 aromatic heterocycles. The minimum absolute atomic E-state index is 0.127. The first-order chi connectivity index (χ1) is 15.2. The van der Waals surface area contributed by atoms with Gasteiger partial charge in [-0.15, -0.1) is 11.8 Å². The molecule has 1 aliphatic heterocycles. The van der Waals surface area contributed by atoms with Crippen molar-refractivity contribution >= 4 is 38.7 Å². The minimum Gasteiger partial charge on any atom is -0.480 e. The number of sulfonamides is 1. The van der Waals surface area contributed by atoms with Gasteiger partial charge in [0.2, 0.25) is 10.0 Å². The topological polar surface area (TPSA) is 92.5 Å². The molecule has 3 heterocycles. The fourth-order valence-electron chi connectivity index (χ4n) is 4.26. The fraction of sp³-hybridized carbons (Fsp3) is 0.391. The van der Waals surface area contributed by atoms with E-state index in [-0.39, 0.29) is 12.5 Å². The first kappa shape index (κ1) is 22.8. The lowest BCUT2D eigenvalue weighted by Gasteiger charge is -2.17. The molecule has 9 heteroatoms. The van der Waals surface area contributed by atoms with E-state index in [2.05, 4.69) is 18.8 Å². The summed E-state index contributed by atoms with van der Waals surface area (Å²) in [7, 11) is -3.53. The molecule has 3 aromatic rings. The molecule has 1 unspecified atom stereocenters. The molecule has 0 aliphatic carbocycles. The summed E-state index contributed by atoms with van der Waals surface area (Å²) >= 11 is 1.71. The lowest BCUT2D eigenvalue weighted by molar-refractivity contribution is -0.137. The third kappa shape index (κ3) is 4.84. The first-order valence-corrected chi connectivity index (χ1v) is 13.0. The number of nitrogens with zero attached hydrogens (tertiary/aromatic N) is 3. The molecular weight excluding hydrogens is 446 g/mol. The number of carbonyl (C=O) groups is 1. The molecule has 0 radical (unpaired) electrons. The summed E-state index contributed by atoms with van der Waals surface area (Å²) in [5, 5.41) is 10.6. The normalized spacial score (nSPS) is 17.4. The average molecular weight is 474 g/mol. The molecule has 1 aromatic carbocycles. The SMILES string of the molecule is CC(C)Sc1ccc(S(=O)(=O)N2CCC(Cc3cn(CC(=O)O)c4cnccc34)C2)cc1. The number of hydrogen-bond donors (Lipinski definition) is 1. The van der Waals surface area contributed by atoms with Crippen molar-refractivity contribution in [2.75, 3.05) is 13.1 Å². The van der Waals surface area contributed by atoms with Gasteiger partial charge < -0.3 is 9.67 Å². The van der Waals surface area contributed by atoms with E-state index in [9.17, 15) is 18.3 Å². The smallest absolute Gasteiger partial charge is 0.323 e. The highest BCUT2D eigenvalue weighted by Gasteiger charge is 2.33. The summed E-state index contributed by atoms with van der Waals surface area (Å²) in [5.41, 5.74) is 1.81. The third-order valence-corrected chi connectivity index (χ3v) is 8.56. The van der Waals surface area contributed by atoms with Gasteiger partial charge in [-0.2, -0.15) is 4.31 Å². The van der Waals surface area contributed by atoms with Crippen LogP contribution in [0.2, 0.25) is 0 Å². The van der Waals surface area contributed by atoms with Crippen LogP contribution in [0.3, 0.4) is 0 Å². The largest absolute Gasteiger partial charge is 0.480 e. The monoisotopic (exact) mass is 473 g/mol. The van der Waals surface area contributed by atoms with Gasteiger partial charge in [-0.1, -0.05) is 13.8 Å². The van der Waals surface area contributed by atoms with E-state index >= 15 is 0 Å². The molecule has 4 rings (SSSR count). The van der Waals surface area contributed by atoms with E-state index in [1.807, 2.05) is 24.4 Å². The first-order valence-electron chi connectivity index (χ1n) is 10.6. The molecule has 0 bridgehead atoms. The molecule has 32 heavy (non-hydrogen) atoms. The summed E-state index contributed by atoms with van der Waals surface area (Å²) in [4.78, 5) is 16.7. The Kier molecular flexibility index (Phi) is 6.60. The van der Waals surface area contributed by atoms with Crippen LogP contribution in [0.4, 0.5) is 0 Å². The van der Waals surface area contributed by atoms with Crippen LogP contribution in [0.15, 0.2) is 58.7 Å². The Bertz CT molecular complexity index is 1220. The van der Waals surface area contributed by atoms with E-state index in [0.29, 0.717) is 29.7 Å². The summed E-state index contributed by atoms with van der Waals surface area (Å²) in [5.74, 6) is -0.731. The van der Waals surface area contributed by atoms with Crippen LogP contribution in [0.5, 0.6) is 0 Å². The zero-order valence-corrected chi connectivity index (χ0v) is 19.8. The van der Waals surface area contributed by atoms with Gasteiger partial charge in [-0.3, -0.25) is 9.78 Å². The maximum absolute atomic E-state index is 13.1. The van der Waals surface area contributed by atoms with Crippen LogP contribution in [0, 0.1) is 5.92 Å². The number of pyridine rings is 1. The number of hydrogen-bond acceptors (Lipinski definition) is 5. The Morgan fingerprint density at radius 2 is 2.00 bits per heavy atom. The lowest BCUT2D eigenvalue weighted by atomic mass is 9.99. The Labute approximate surface area is 192 Å². The van der Waals surface area contributed by atoms with Crippen LogP contribution in [0.25, 0.3) is 10.9 Å². The summed E-state index contributed by atoms with van der Waals surface area (Å²) in [6.07, 6.45) is 6.71. The molecule has 1 atom stereocenters. The zero-order valence-electron chi connectivity index (χ0n) is 18.1. The highest BCUT2D eigenvalue weighted by atomic mass is 32.2. The minimum atomic E-state index is -3.53. The number of thioether (sulfide) groups is 1. The van der Waals surface area contributed by atoms with Gasteiger partial charge in [0.25, 0.3) is 0 Å². The average Bonchev–Trinajstić information content (AvgIpc) is 3.34. The van der Waals surface area contributed by atoms with Gasteiger partial charge in [0.1, 0.15) is 6.54 Å². The van der Waals surface area contributed by atoms with Crippen LogP contribution < -0.4 is 0 Å². The number of carboxylic acids is 1. The zero-order chi connectivity index (χ0) is 22.9. The number of carboxylic acid groups (broad SMARTS) is 1. The molecular formula is C23H27N3O4S2. The second kappa shape index (κ2) is 9.25. The van der Waals surface area contributed by atoms with E-state index in [1.54, 1.807) is 45.2 Å². The number of aromatic nitrogens is 2. The van der Waals surface area contributed by atoms with Crippen LogP contribution >= 0.6 is 11.8 Å². The van der Waals surface area contributed by atoms with E-state index < -0.39 is 16.0 Å². The second-order valence-electron chi connectivity index (χ2n) is 8.43. The molecule has 1 saturated heterocycles. The summed E-state index contributed by atoms with van der Waals surface area (Å²) < 4.78 is 29.6. The Morgan fingerprint density at radius 1 is 1.25 bits per heavy atom. The van der Waals surface area contributed by atoms with Crippen molar-refractivity contribution in [1.29, 1.82) is 0 Å². The molecule has 1 aliphatic rings. The van der Waals surface area contributed by atoms with Gasteiger partial charge in [0.05, 0.1) is 16.6 Å². The predicted molar refractivity (Wildman–Crippen MR) is 125 cm³/mol. The van der Waals surface area contributed by atoms with Gasteiger partial charge in [-0.25, -0.2) is 8.42 Å². The standard InChI is InChI=1S/C23H27N3O4S2/c1-16(2)31-19-3-5-20(6-4-19)32(29,30)26-10-8-17(13-26)11-18-14-25(15-23(27)28)22-12-24-9-7-21(18)22/h3-7,9,12,14,16-17H,8,10-11,13,15H2,1-2H3,(H,27,28). The Balaban J connectivity index is 1.48. The second-order valence-corrected chi connectivity index (χ2v) is 12.0. The van der Waals surface area contributed by atoms with Crippen LogP contribution in [0.1, 0.15) is 25.8 Å². The highest BCUT2D eigenvalue weighted by Crippen LogP contribution is 2.31. The maximum Gasteiger partial charge on any atom is 0.323 e. The van der Waals surface area contributed by atoms with Gasteiger partial charge in [0, 0.05) is 41.0 Å². The summed E-state index contributed by atoms with van der Waals surface area (Å²) in [6, 6.07) is 9.02. The number of rotatable bonds is 8. The number of aliphatic carboxylic acids is 1. The fourth-order valence-corrected chi connectivity index (χ4v) is 6.63. The van der Waals surface area contributed by atoms with Crippen molar-refractivity contribution in [3.8, 4) is 0 Å². The molecule has 0 spiro atoms. The molecule has 170 valence electrons. The van der Waals surface area contributed by atoms with Crippen molar-refractivity contribution in [2.24, 2.45) is 5.92 Å². The van der Waals surface area contributed by atoms with Crippen molar-refractivity contribution in [2.45, 2.75) is 48.3 Å². The molecule has 1 N–H and O–H groups in total. The van der Waals surface area contributed by atoms with Crippen LogP contribution in [-0.4, -0.2) is 51.7 Å². The Hall–Kier alpha value is -2.36. The van der Waals surface area contributed by atoms with Gasteiger partial charge in [0.15, 0.2) is 0 Å². The number of fused-ring (bicyclic) bond motifs is 1. The van der Waals surface area contributed by atoms with Crippen LogP contribution in [-0.2, 0) is 27.8 Å². The lowest BCUT2D eigenvalue weighted by Crippen LogP contribution is -2.29. The number of benzene rings is 1. The third-order valence-electron chi connectivity index (χ3n) is 5.66. The Morgan fingerprint density at radius 3 is 2.69 bits per heavy atom. The molecule has 1 fully saturated rings. The molecule has 7 nitrogen and oxygen atoms in total. The van der Waals surface area contributed by atoms with Crippen molar-refractivity contribution < 1.29 is 18.3 Å². The van der Waals surface area contributed by atoms with Crippen molar-refractivity contribution in [3.05, 3.63) is 54.5 Å². The predicted octanol–water partition coefficient (Wildman–Crippen LogP) is 3.87. The maximum atomic E-state index is 13.1.